The molecule has 4 saturated carbocycles. The van der Waals surface area contributed by atoms with Crippen molar-refractivity contribution in [1.82, 2.24) is 15.1 Å². The first-order valence-electron chi connectivity index (χ1n) is 11.8. The van der Waals surface area contributed by atoms with Gasteiger partial charge in [0.2, 0.25) is 5.91 Å². The number of hydrogen-bond donors (Lipinski definition) is 1. The van der Waals surface area contributed by atoms with Crippen LogP contribution in [-0.2, 0) is 11.2 Å². The molecule has 1 heterocycles. The van der Waals surface area contributed by atoms with E-state index in [2.05, 4.69) is 38.2 Å². The van der Waals surface area contributed by atoms with Crippen LogP contribution in [0.3, 0.4) is 0 Å². The van der Waals surface area contributed by atoms with E-state index in [4.69, 9.17) is 5.10 Å². The van der Waals surface area contributed by atoms with Crippen LogP contribution in [0.5, 0.6) is 0 Å². The Labute approximate surface area is 180 Å². The van der Waals surface area contributed by atoms with Gasteiger partial charge in [0.1, 0.15) is 0 Å². The summed E-state index contributed by atoms with van der Waals surface area (Å²) in [5, 5.41) is 8.15. The monoisotopic (exact) mass is 405 g/mol. The number of nitrogens with zero attached hydrogens (tertiary/aromatic N) is 2. The van der Waals surface area contributed by atoms with Gasteiger partial charge in [0.25, 0.3) is 0 Å². The van der Waals surface area contributed by atoms with Gasteiger partial charge in [-0.3, -0.25) is 4.79 Å². The van der Waals surface area contributed by atoms with Gasteiger partial charge >= 0.3 is 0 Å². The molecule has 4 aliphatic rings. The summed E-state index contributed by atoms with van der Waals surface area (Å²) in [6.07, 6.45) is 9.65. The smallest absolute Gasteiger partial charge is 0.220 e. The highest BCUT2D eigenvalue weighted by atomic mass is 16.1. The van der Waals surface area contributed by atoms with Crippen molar-refractivity contribution in [2.75, 3.05) is 0 Å². The Morgan fingerprint density at radius 3 is 2.30 bits per heavy atom. The highest BCUT2D eigenvalue weighted by Gasteiger charge is 2.53. The van der Waals surface area contributed by atoms with E-state index in [9.17, 15) is 4.79 Å². The van der Waals surface area contributed by atoms with Gasteiger partial charge in [-0.25, -0.2) is 4.68 Å². The molecule has 30 heavy (non-hydrogen) atoms. The number of carbonyl (C=O) groups is 1. The maximum atomic E-state index is 12.9. The third-order valence-corrected chi connectivity index (χ3v) is 8.43. The number of para-hydroxylation sites is 1. The van der Waals surface area contributed by atoms with Crippen LogP contribution in [0.2, 0.25) is 0 Å². The first-order chi connectivity index (χ1) is 14.4. The lowest BCUT2D eigenvalue weighted by Crippen LogP contribution is -2.55. The van der Waals surface area contributed by atoms with Crippen LogP contribution in [0, 0.1) is 37.0 Å². The van der Waals surface area contributed by atoms with Gasteiger partial charge in [0.05, 0.1) is 11.4 Å². The van der Waals surface area contributed by atoms with Gasteiger partial charge < -0.3 is 5.32 Å². The summed E-state index contributed by atoms with van der Waals surface area (Å²) >= 11 is 0. The number of aryl methyl sites for hydroxylation is 1. The van der Waals surface area contributed by atoms with Gasteiger partial charge in [0.15, 0.2) is 0 Å². The number of hydrogen-bond acceptors (Lipinski definition) is 2. The van der Waals surface area contributed by atoms with Crippen molar-refractivity contribution < 1.29 is 4.79 Å². The molecule has 1 aromatic heterocycles. The average molecular weight is 406 g/mol. The summed E-state index contributed by atoms with van der Waals surface area (Å²) in [6.45, 7) is 6.44. The Morgan fingerprint density at radius 2 is 1.70 bits per heavy atom. The molecule has 0 saturated heterocycles. The van der Waals surface area contributed by atoms with Crippen molar-refractivity contribution in [3.63, 3.8) is 0 Å². The fourth-order valence-electron chi connectivity index (χ4n) is 7.27. The Morgan fingerprint density at radius 1 is 1.10 bits per heavy atom. The van der Waals surface area contributed by atoms with Crippen LogP contribution in [0.4, 0.5) is 0 Å². The van der Waals surface area contributed by atoms with Crippen molar-refractivity contribution in [1.29, 1.82) is 0 Å². The second-order valence-electron chi connectivity index (χ2n) is 10.5. The summed E-state index contributed by atoms with van der Waals surface area (Å²) in [7, 11) is 0. The quantitative estimate of drug-likeness (QED) is 0.723. The number of carbonyl (C=O) groups excluding carboxylic acids is 1. The molecule has 160 valence electrons. The van der Waals surface area contributed by atoms with Gasteiger partial charge in [-0.15, -0.1) is 0 Å². The first-order valence-corrected chi connectivity index (χ1v) is 11.8. The standard InChI is InChI=1S/C26H35N3O/c1-17-24(18(2)29(28-17)23-7-5-4-6-8-23)9-10-25(30)27-19(3)26-14-20-11-21(15-26)13-22(12-20)16-26/h4-8,19-22H,9-16H2,1-3H3,(H,27,30)/t19-,20?,21?,22?,26?/m1/s1. The van der Waals surface area contributed by atoms with Crippen molar-refractivity contribution in [2.45, 2.75) is 78.2 Å². The van der Waals surface area contributed by atoms with Crippen LogP contribution in [0.1, 0.15) is 68.8 Å². The zero-order chi connectivity index (χ0) is 20.9. The lowest BCUT2D eigenvalue weighted by Gasteiger charge is -2.59. The molecule has 6 rings (SSSR count). The summed E-state index contributed by atoms with van der Waals surface area (Å²) in [5.41, 5.74) is 4.81. The molecule has 1 amide bonds. The molecular weight excluding hydrogens is 370 g/mol. The third kappa shape index (κ3) is 3.48. The minimum atomic E-state index is 0.199. The van der Waals surface area contributed by atoms with E-state index >= 15 is 0 Å². The normalized spacial score (nSPS) is 30.4. The highest BCUT2D eigenvalue weighted by Crippen LogP contribution is 2.61. The fourth-order valence-corrected chi connectivity index (χ4v) is 7.27. The molecule has 4 aliphatic carbocycles. The van der Waals surface area contributed by atoms with E-state index < -0.39 is 0 Å². The van der Waals surface area contributed by atoms with E-state index in [1.54, 1.807) is 0 Å². The van der Waals surface area contributed by atoms with E-state index in [1.165, 1.54) is 44.1 Å². The molecule has 0 aliphatic heterocycles. The van der Waals surface area contributed by atoms with E-state index in [0.717, 1.165) is 41.2 Å². The molecule has 0 unspecified atom stereocenters. The van der Waals surface area contributed by atoms with Crippen LogP contribution in [-0.4, -0.2) is 21.7 Å². The van der Waals surface area contributed by atoms with Crippen molar-refractivity contribution >= 4 is 5.91 Å². The molecule has 4 heteroatoms. The molecular formula is C26H35N3O. The third-order valence-electron chi connectivity index (χ3n) is 8.43. The van der Waals surface area contributed by atoms with Crippen LogP contribution in [0.15, 0.2) is 30.3 Å². The Hall–Kier alpha value is -2.10. The SMILES string of the molecule is Cc1nn(-c2ccccc2)c(C)c1CCC(=O)N[C@H](C)C12CC3CC(CC(C3)C1)C2. The molecule has 1 aromatic carbocycles. The van der Waals surface area contributed by atoms with Crippen molar-refractivity contribution in [3.8, 4) is 5.69 Å². The maximum absolute atomic E-state index is 12.9. The Kier molecular flexibility index (Phi) is 4.99. The highest BCUT2D eigenvalue weighted by molar-refractivity contribution is 5.76. The van der Waals surface area contributed by atoms with Crippen LogP contribution < -0.4 is 5.32 Å². The Bertz CT molecular complexity index is 894. The lowest BCUT2D eigenvalue weighted by atomic mass is 9.48. The molecule has 0 spiro atoms. The van der Waals surface area contributed by atoms with Crippen LogP contribution >= 0.6 is 0 Å². The molecule has 2 aromatic rings. The van der Waals surface area contributed by atoms with E-state index in [-0.39, 0.29) is 5.91 Å². The first kappa shape index (κ1) is 19.8. The minimum absolute atomic E-state index is 0.199. The molecule has 4 nitrogen and oxygen atoms in total. The second-order valence-corrected chi connectivity index (χ2v) is 10.5. The number of amides is 1. The van der Waals surface area contributed by atoms with Crippen molar-refractivity contribution in [3.05, 3.63) is 47.3 Å². The zero-order valence-electron chi connectivity index (χ0n) is 18.7. The number of aromatic nitrogens is 2. The zero-order valence-corrected chi connectivity index (χ0v) is 18.7. The lowest BCUT2D eigenvalue weighted by molar-refractivity contribution is -0.125. The predicted molar refractivity (Wildman–Crippen MR) is 120 cm³/mol. The second kappa shape index (κ2) is 7.55. The topological polar surface area (TPSA) is 46.9 Å². The van der Waals surface area contributed by atoms with Gasteiger partial charge in [-0.05, 0) is 107 Å². The summed E-state index contributed by atoms with van der Waals surface area (Å²) in [4.78, 5) is 12.9. The molecule has 1 N–H and O–H groups in total. The fraction of sp³-hybridized carbons (Fsp3) is 0.615. The number of benzene rings is 1. The molecule has 0 radical (unpaired) electrons. The van der Waals surface area contributed by atoms with Gasteiger partial charge in [-0.2, -0.15) is 5.10 Å². The summed E-state index contributed by atoms with van der Waals surface area (Å²) in [6, 6.07) is 10.5. The van der Waals surface area contributed by atoms with Gasteiger partial charge in [0, 0.05) is 18.2 Å². The van der Waals surface area contributed by atoms with E-state index in [0.29, 0.717) is 17.9 Å². The number of rotatable bonds is 6. The Balaban J connectivity index is 1.22. The predicted octanol–water partition coefficient (Wildman–Crippen LogP) is 5.14. The summed E-state index contributed by atoms with van der Waals surface area (Å²) < 4.78 is 2.00. The average Bonchev–Trinajstić information content (AvgIpc) is 2.99. The van der Waals surface area contributed by atoms with Gasteiger partial charge in [-0.1, -0.05) is 18.2 Å². The maximum Gasteiger partial charge on any atom is 0.220 e. The number of nitrogens with one attached hydrogen (secondary N) is 1. The molecule has 1 atom stereocenters. The van der Waals surface area contributed by atoms with Crippen LogP contribution in [0.25, 0.3) is 5.69 Å². The molecule has 4 fully saturated rings. The van der Waals surface area contributed by atoms with E-state index in [1.807, 2.05) is 22.9 Å². The van der Waals surface area contributed by atoms with Crippen molar-refractivity contribution in [2.24, 2.45) is 23.2 Å². The summed E-state index contributed by atoms with van der Waals surface area (Å²) in [5.74, 6) is 2.96. The molecule has 4 bridgehead atoms. The largest absolute Gasteiger partial charge is 0.353 e. The minimum Gasteiger partial charge on any atom is -0.353 e.